The zero-order valence-electron chi connectivity index (χ0n) is 18.1. The van der Waals surface area contributed by atoms with Crippen LogP contribution in [0.25, 0.3) is 21.8 Å². The third-order valence-electron chi connectivity index (χ3n) is 8.64. The minimum Gasteiger partial charge on any atom is -0.411 e. The van der Waals surface area contributed by atoms with Crippen molar-refractivity contribution < 1.29 is 10.0 Å². The quantitative estimate of drug-likeness (QED) is 0.429. The predicted octanol–water partition coefficient (Wildman–Crippen LogP) is 5.80. The lowest BCUT2D eigenvalue weighted by Crippen LogP contribution is -2.43. The number of nitrogens with one attached hydrogen (secondary N) is 1. The van der Waals surface area contributed by atoms with Crippen LogP contribution >= 0.6 is 0 Å². The number of hydrogen-bond acceptors (Lipinski definition) is 3. The Morgan fingerprint density at radius 2 is 1.83 bits per heavy atom. The standard InChI is InChI=1S/C25H29N3O2/c1-5-28-19-9-7-6-8-17(19)18-14-16(10-11-20(18)28)26-22(29)25-13-12-24(4,23(25,2)3)21(15-25)27-30/h6-11,14,30H,5,12-13,15H2,1-4H3,(H,26,29). The summed E-state index contributed by atoms with van der Waals surface area (Å²) in [6.07, 6.45) is 2.21. The van der Waals surface area contributed by atoms with Gasteiger partial charge in [0.15, 0.2) is 0 Å². The van der Waals surface area contributed by atoms with Crippen LogP contribution in [0.2, 0.25) is 0 Å². The highest BCUT2D eigenvalue weighted by molar-refractivity contribution is 6.11. The van der Waals surface area contributed by atoms with E-state index in [1.165, 1.54) is 16.4 Å². The van der Waals surface area contributed by atoms with Gasteiger partial charge in [-0.15, -0.1) is 0 Å². The zero-order chi connectivity index (χ0) is 21.3. The Balaban J connectivity index is 1.55. The number of anilines is 1. The average Bonchev–Trinajstić information content (AvgIpc) is 3.23. The molecule has 2 atom stereocenters. The van der Waals surface area contributed by atoms with E-state index in [4.69, 9.17) is 0 Å². The van der Waals surface area contributed by atoms with Crippen molar-refractivity contribution in [1.29, 1.82) is 0 Å². The summed E-state index contributed by atoms with van der Waals surface area (Å²) in [6.45, 7) is 9.48. The van der Waals surface area contributed by atoms with Gasteiger partial charge in [-0.1, -0.05) is 44.1 Å². The zero-order valence-corrected chi connectivity index (χ0v) is 18.1. The maximum Gasteiger partial charge on any atom is 0.231 e. The first-order valence-corrected chi connectivity index (χ1v) is 10.8. The number of hydrogen-bond donors (Lipinski definition) is 2. The summed E-state index contributed by atoms with van der Waals surface area (Å²) >= 11 is 0. The number of carbonyl (C=O) groups is 1. The molecule has 2 fully saturated rings. The van der Waals surface area contributed by atoms with Crippen LogP contribution in [0.3, 0.4) is 0 Å². The summed E-state index contributed by atoms with van der Waals surface area (Å²) < 4.78 is 2.31. The molecule has 3 aromatic rings. The van der Waals surface area contributed by atoms with Crippen LogP contribution in [0.15, 0.2) is 47.6 Å². The molecule has 0 radical (unpaired) electrons. The van der Waals surface area contributed by atoms with E-state index in [0.717, 1.165) is 36.2 Å². The van der Waals surface area contributed by atoms with Crippen LogP contribution in [-0.2, 0) is 11.3 Å². The Morgan fingerprint density at radius 3 is 2.53 bits per heavy atom. The fourth-order valence-corrected chi connectivity index (χ4v) is 6.26. The van der Waals surface area contributed by atoms with E-state index in [1.54, 1.807) is 0 Å². The van der Waals surface area contributed by atoms with E-state index in [-0.39, 0.29) is 16.7 Å². The van der Waals surface area contributed by atoms with Crippen LogP contribution < -0.4 is 5.32 Å². The van der Waals surface area contributed by atoms with Gasteiger partial charge >= 0.3 is 0 Å². The van der Waals surface area contributed by atoms with E-state index in [0.29, 0.717) is 6.42 Å². The van der Waals surface area contributed by atoms with Gasteiger partial charge in [-0.3, -0.25) is 4.79 Å². The summed E-state index contributed by atoms with van der Waals surface area (Å²) in [7, 11) is 0. The molecule has 1 heterocycles. The van der Waals surface area contributed by atoms with E-state index >= 15 is 0 Å². The van der Waals surface area contributed by atoms with E-state index in [1.807, 2.05) is 6.07 Å². The minimum absolute atomic E-state index is 0.0356. The van der Waals surface area contributed by atoms with Crippen LogP contribution in [0.1, 0.15) is 47.0 Å². The lowest BCUT2D eigenvalue weighted by Gasteiger charge is -2.39. The molecule has 2 aromatic carbocycles. The molecule has 2 saturated carbocycles. The fourth-order valence-electron chi connectivity index (χ4n) is 6.26. The monoisotopic (exact) mass is 403 g/mol. The van der Waals surface area contributed by atoms with Crippen molar-refractivity contribution in [3.63, 3.8) is 0 Å². The second kappa shape index (κ2) is 6.10. The van der Waals surface area contributed by atoms with E-state index in [9.17, 15) is 10.0 Å². The van der Waals surface area contributed by atoms with E-state index in [2.05, 4.69) is 79.1 Å². The van der Waals surface area contributed by atoms with Crippen LogP contribution in [0.5, 0.6) is 0 Å². The summed E-state index contributed by atoms with van der Waals surface area (Å²) in [6, 6.07) is 14.6. The van der Waals surface area contributed by atoms with Gasteiger partial charge in [0.25, 0.3) is 0 Å². The first-order chi connectivity index (χ1) is 14.3. The van der Waals surface area contributed by atoms with Gasteiger partial charge in [0.05, 0.1) is 11.1 Å². The fraction of sp³-hybridized carbons (Fsp3) is 0.440. The number of oxime groups is 1. The molecular formula is C25H29N3O2. The van der Waals surface area contributed by atoms with Gasteiger partial charge in [0.1, 0.15) is 0 Å². The molecule has 1 amide bonds. The summed E-state index contributed by atoms with van der Waals surface area (Å²) in [5, 5.41) is 18.7. The smallest absolute Gasteiger partial charge is 0.231 e. The summed E-state index contributed by atoms with van der Waals surface area (Å²) in [5.41, 5.74) is 2.92. The van der Waals surface area contributed by atoms with Crippen molar-refractivity contribution in [1.82, 2.24) is 4.57 Å². The average molecular weight is 404 g/mol. The van der Waals surface area contributed by atoms with Crippen molar-refractivity contribution in [2.45, 2.75) is 53.5 Å². The Bertz CT molecular complexity index is 1220. The Morgan fingerprint density at radius 1 is 1.10 bits per heavy atom. The third-order valence-corrected chi connectivity index (χ3v) is 8.64. The molecule has 5 nitrogen and oxygen atoms in total. The number of rotatable bonds is 3. The molecule has 2 N–H and O–H groups in total. The van der Waals surface area contributed by atoms with Crippen molar-refractivity contribution in [3.8, 4) is 0 Å². The predicted molar refractivity (Wildman–Crippen MR) is 121 cm³/mol. The molecule has 0 aliphatic heterocycles. The molecular weight excluding hydrogens is 374 g/mol. The number of aromatic nitrogens is 1. The molecule has 1 aromatic heterocycles. The van der Waals surface area contributed by atoms with Gasteiger partial charge in [0, 0.05) is 45.9 Å². The molecule has 5 heteroatoms. The number of para-hydroxylation sites is 1. The largest absolute Gasteiger partial charge is 0.411 e. The summed E-state index contributed by atoms with van der Waals surface area (Å²) in [5.74, 6) is 0.0356. The molecule has 30 heavy (non-hydrogen) atoms. The molecule has 2 aliphatic rings. The second-order valence-electron chi connectivity index (χ2n) is 9.71. The topological polar surface area (TPSA) is 66.6 Å². The number of amides is 1. The van der Waals surface area contributed by atoms with Gasteiger partial charge in [-0.25, -0.2) is 0 Å². The third kappa shape index (κ3) is 2.13. The highest BCUT2D eigenvalue weighted by Crippen LogP contribution is 2.71. The first kappa shape index (κ1) is 19.2. The van der Waals surface area contributed by atoms with Crippen LogP contribution in [-0.4, -0.2) is 21.4 Å². The molecule has 156 valence electrons. The van der Waals surface area contributed by atoms with Gasteiger partial charge in [0.2, 0.25) is 5.91 Å². The van der Waals surface area contributed by atoms with Crippen molar-refractivity contribution in [2.24, 2.45) is 21.4 Å². The lowest BCUT2D eigenvalue weighted by atomic mass is 9.64. The Hall–Kier alpha value is -2.82. The van der Waals surface area contributed by atoms with E-state index < -0.39 is 5.41 Å². The van der Waals surface area contributed by atoms with Crippen LogP contribution in [0, 0.1) is 16.2 Å². The van der Waals surface area contributed by atoms with Gasteiger partial charge in [-0.2, -0.15) is 0 Å². The van der Waals surface area contributed by atoms with Gasteiger partial charge in [-0.05, 0) is 49.4 Å². The summed E-state index contributed by atoms with van der Waals surface area (Å²) in [4.78, 5) is 13.6. The number of aryl methyl sites for hydroxylation is 1. The molecule has 0 spiro atoms. The van der Waals surface area contributed by atoms with Crippen molar-refractivity contribution in [2.75, 3.05) is 5.32 Å². The maximum absolute atomic E-state index is 13.6. The molecule has 2 unspecified atom stereocenters. The molecule has 2 aliphatic carbocycles. The normalized spacial score (nSPS) is 28.6. The first-order valence-electron chi connectivity index (χ1n) is 10.8. The molecule has 2 bridgehead atoms. The number of carbonyl (C=O) groups excluding carboxylic acids is 1. The minimum atomic E-state index is -0.546. The van der Waals surface area contributed by atoms with Crippen LogP contribution in [0.4, 0.5) is 5.69 Å². The Kier molecular flexibility index (Phi) is 3.89. The number of benzene rings is 2. The highest BCUT2D eigenvalue weighted by Gasteiger charge is 2.71. The number of nitrogens with zero attached hydrogens (tertiary/aromatic N) is 2. The Labute approximate surface area is 176 Å². The maximum atomic E-state index is 13.6. The van der Waals surface area contributed by atoms with Gasteiger partial charge < -0.3 is 15.1 Å². The molecule has 5 rings (SSSR count). The number of fused-ring (bicyclic) bond motifs is 5. The second-order valence-corrected chi connectivity index (χ2v) is 9.71. The molecule has 0 saturated heterocycles. The lowest BCUT2D eigenvalue weighted by molar-refractivity contribution is -0.130. The van der Waals surface area contributed by atoms with Crippen molar-refractivity contribution >= 4 is 39.1 Å². The highest BCUT2D eigenvalue weighted by atomic mass is 16.4. The van der Waals surface area contributed by atoms with Crippen molar-refractivity contribution in [3.05, 3.63) is 42.5 Å². The SMILES string of the molecule is CCn1c2ccccc2c2cc(NC(=O)C34CCC(C)(C(=NO)C3)C4(C)C)ccc21.